The van der Waals surface area contributed by atoms with Crippen LogP contribution >= 0.6 is 0 Å². The van der Waals surface area contributed by atoms with Crippen LogP contribution < -0.4 is 10.6 Å². The van der Waals surface area contributed by atoms with Crippen molar-refractivity contribution in [2.45, 2.75) is 47.1 Å². The van der Waals surface area contributed by atoms with Crippen molar-refractivity contribution in [2.24, 2.45) is 18.0 Å². The highest BCUT2D eigenvalue weighted by Crippen LogP contribution is 1.99. The molecule has 0 saturated heterocycles. The first-order chi connectivity index (χ1) is 9.54. The third kappa shape index (κ3) is 5.59. The summed E-state index contributed by atoms with van der Waals surface area (Å²) in [6.45, 7) is 10.9. The third-order valence-corrected chi connectivity index (χ3v) is 3.06. The van der Waals surface area contributed by atoms with Gasteiger partial charge in [0.15, 0.2) is 11.8 Å². The van der Waals surface area contributed by atoms with Crippen LogP contribution in [0.25, 0.3) is 0 Å². The van der Waals surface area contributed by atoms with Gasteiger partial charge in [0.1, 0.15) is 12.4 Å². The lowest BCUT2D eigenvalue weighted by Gasteiger charge is -2.13. The molecule has 1 rings (SSSR count). The Labute approximate surface area is 122 Å². The average molecular weight is 280 g/mol. The summed E-state index contributed by atoms with van der Waals surface area (Å²) in [5.74, 6) is 3.23. The average Bonchev–Trinajstić information content (AvgIpc) is 2.73. The van der Waals surface area contributed by atoms with Crippen LogP contribution in [-0.2, 0) is 13.6 Å². The van der Waals surface area contributed by atoms with Crippen molar-refractivity contribution in [3.63, 3.8) is 0 Å². The summed E-state index contributed by atoms with van der Waals surface area (Å²) in [5, 5.41) is 14.9. The number of aromatic nitrogens is 3. The van der Waals surface area contributed by atoms with Crippen molar-refractivity contribution in [1.29, 1.82) is 0 Å². The zero-order chi connectivity index (χ0) is 15.0. The largest absolute Gasteiger partial charge is 0.356 e. The van der Waals surface area contributed by atoms with Crippen LogP contribution in [0.1, 0.15) is 45.3 Å². The fraction of sp³-hybridized carbons (Fsp3) is 0.786. The van der Waals surface area contributed by atoms with E-state index < -0.39 is 0 Å². The molecular weight excluding hydrogens is 252 g/mol. The summed E-state index contributed by atoms with van der Waals surface area (Å²) >= 11 is 0. The van der Waals surface area contributed by atoms with Gasteiger partial charge in [-0.05, 0) is 19.3 Å². The summed E-state index contributed by atoms with van der Waals surface area (Å²) in [6, 6.07) is 0. The quantitative estimate of drug-likeness (QED) is 0.452. The fourth-order valence-electron chi connectivity index (χ4n) is 1.60. The van der Waals surface area contributed by atoms with Gasteiger partial charge in [-0.25, -0.2) is 4.99 Å². The van der Waals surface area contributed by atoms with E-state index in [1.165, 1.54) is 6.42 Å². The molecule has 6 heteroatoms. The van der Waals surface area contributed by atoms with E-state index in [4.69, 9.17) is 0 Å². The minimum absolute atomic E-state index is 0.539. The van der Waals surface area contributed by atoms with Gasteiger partial charge >= 0.3 is 0 Å². The van der Waals surface area contributed by atoms with Crippen molar-refractivity contribution in [2.75, 3.05) is 13.1 Å². The summed E-state index contributed by atoms with van der Waals surface area (Å²) in [5.41, 5.74) is 0. The lowest BCUT2D eigenvalue weighted by Crippen LogP contribution is -2.39. The number of nitrogens with zero attached hydrogens (tertiary/aromatic N) is 4. The molecule has 0 aliphatic heterocycles. The monoisotopic (exact) mass is 280 g/mol. The Bertz CT molecular complexity index is 421. The SMILES string of the molecule is CCCCNC(=NCc1nnc(C)n1C)NCC(C)C. The van der Waals surface area contributed by atoms with E-state index >= 15 is 0 Å². The standard InChI is InChI=1S/C14H28N6/c1-6-7-8-15-14(16-9-11(2)3)17-10-13-19-18-12(4)20(13)5/h11H,6-10H2,1-5H3,(H2,15,16,17). The Morgan fingerprint density at radius 3 is 2.60 bits per heavy atom. The second-order valence-corrected chi connectivity index (χ2v) is 5.44. The van der Waals surface area contributed by atoms with Crippen molar-refractivity contribution in [1.82, 2.24) is 25.4 Å². The second-order valence-electron chi connectivity index (χ2n) is 5.44. The zero-order valence-electron chi connectivity index (χ0n) is 13.4. The molecule has 0 radical (unpaired) electrons. The molecule has 0 aliphatic carbocycles. The van der Waals surface area contributed by atoms with Gasteiger partial charge in [-0.15, -0.1) is 10.2 Å². The van der Waals surface area contributed by atoms with Crippen molar-refractivity contribution in [3.05, 3.63) is 11.6 Å². The Hall–Kier alpha value is -1.59. The van der Waals surface area contributed by atoms with E-state index in [0.717, 1.165) is 37.1 Å². The van der Waals surface area contributed by atoms with Gasteiger partial charge in [0, 0.05) is 20.1 Å². The topological polar surface area (TPSA) is 67.1 Å². The number of hydrogen-bond acceptors (Lipinski definition) is 3. The molecule has 0 aromatic carbocycles. The third-order valence-electron chi connectivity index (χ3n) is 3.06. The van der Waals surface area contributed by atoms with E-state index in [1.807, 2.05) is 18.5 Å². The van der Waals surface area contributed by atoms with E-state index in [1.54, 1.807) is 0 Å². The van der Waals surface area contributed by atoms with Crippen LogP contribution in [0.4, 0.5) is 0 Å². The van der Waals surface area contributed by atoms with Gasteiger partial charge in [0.05, 0.1) is 0 Å². The summed E-state index contributed by atoms with van der Waals surface area (Å²) < 4.78 is 1.97. The lowest BCUT2D eigenvalue weighted by atomic mass is 10.2. The number of aryl methyl sites for hydroxylation is 1. The molecule has 20 heavy (non-hydrogen) atoms. The van der Waals surface area contributed by atoms with Crippen LogP contribution in [0, 0.1) is 12.8 Å². The molecule has 0 spiro atoms. The second kappa shape index (κ2) is 8.55. The molecule has 1 heterocycles. The summed E-state index contributed by atoms with van der Waals surface area (Å²) in [7, 11) is 1.96. The molecular formula is C14H28N6. The smallest absolute Gasteiger partial charge is 0.191 e. The number of guanidine groups is 1. The molecule has 114 valence electrons. The van der Waals surface area contributed by atoms with Crippen LogP contribution in [0.15, 0.2) is 4.99 Å². The minimum atomic E-state index is 0.539. The van der Waals surface area contributed by atoms with Crippen LogP contribution in [0.2, 0.25) is 0 Å². The number of rotatable bonds is 7. The maximum Gasteiger partial charge on any atom is 0.191 e. The molecule has 0 unspecified atom stereocenters. The lowest BCUT2D eigenvalue weighted by molar-refractivity contribution is 0.609. The minimum Gasteiger partial charge on any atom is -0.356 e. The zero-order valence-corrected chi connectivity index (χ0v) is 13.4. The predicted molar refractivity (Wildman–Crippen MR) is 82.6 cm³/mol. The highest BCUT2D eigenvalue weighted by atomic mass is 15.3. The Morgan fingerprint density at radius 1 is 1.30 bits per heavy atom. The molecule has 6 nitrogen and oxygen atoms in total. The summed E-state index contributed by atoms with van der Waals surface area (Å²) in [6.07, 6.45) is 2.32. The van der Waals surface area contributed by atoms with Crippen LogP contribution in [0.5, 0.6) is 0 Å². The first-order valence-electron chi connectivity index (χ1n) is 7.41. The molecule has 1 aromatic rings. The Kier molecular flexibility index (Phi) is 7.04. The molecule has 0 saturated carbocycles. The molecule has 1 aromatic heterocycles. The van der Waals surface area contributed by atoms with E-state index in [-0.39, 0.29) is 0 Å². The maximum absolute atomic E-state index is 4.58. The molecule has 0 bridgehead atoms. The van der Waals surface area contributed by atoms with Gasteiger partial charge in [0.25, 0.3) is 0 Å². The van der Waals surface area contributed by atoms with E-state index in [2.05, 4.69) is 46.6 Å². The first kappa shape index (κ1) is 16.5. The molecule has 0 atom stereocenters. The van der Waals surface area contributed by atoms with Crippen LogP contribution in [0.3, 0.4) is 0 Å². The molecule has 0 fully saturated rings. The number of aliphatic imine (C=N–C) groups is 1. The van der Waals surface area contributed by atoms with Crippen molar-refractivity contribution >= 4 is 5.96 Å². The summed E-state index contributed by atoms with van der Waals surface area (Å²) in [4.78, 5) is 4.58. The number of unbranched alkanes of at least 4 members (excludes halogenated alkanes) is 1. The van der Waals surface area contributed by atoms with Gasteiger partial charge < -0.3 is 15.2 Å². The Balaban J connectivity index is 2.60. The highest BCUT2D eigenvalue weighted by Gasteiger charge is 2.05. The molecule has 2 N–H and O–H groups in total. The normalized spacial score (nSPS) is 12.0. The van der Waals surface area contributed by atoms with E-state index in [0.29, 0.717) is 12.5 Å². The number of hydrogen-bond donors (Lipinski definition) is 2. The van der Waals surface area contributed by atoms with Gasteiger partial charge in [-0.3, -0.25) is 0 Å². The van der Waals surface area contributed by atoms with Crippen LogP contribution in [-0.4, -0.2) is 33.8 Å². The molecule has 0 aliphatic rings. The van der Waals surface area contributed by atoms with Crippen molar-refractivity contribution in [3.8, 4) is 0 Å². The van der Waals surface area contributed by atoms with Gasteiger partial charge in [-0.1, -0.05) is 27.2 Å². The predicted octanol–water partition coefficient (Wildman–Crippen LogP) is 1.61. The highest BCUT2D eigenvalue weighted by molar-refractivity contribution is 5.79. The Morgan fingerprint density at radius 2 is 2.05 bits per heavy atom. The maximum atomic E-state index is 4.58. The van der Waals surface area contributed by atoms with Gasteiger partial charge in [-0.2, -0.15) is 0 Å². The first-order valence-corrected chi connectivity index (χ1v) is 7.41. The number of nitrogens with one attached hydrogen (secondary N) is 2. The fourth-order valence-corrected chi connectivity index (χ4v) is 1.60. The van der Waals surface area contributed by atoms with Crippen molar-refractivity contribution < 1.29 is 0 Å². The van der Waals surface area contributed by atoms with Gasteiger partial charge in [0.2, 0.25) is 0 Å². The van der Waals surface area contributed by atoms with E-state index in [9.17, 15) is 0 Å². The molecule has 0 amide bonds.